The van der Waals surface area contributed by atoms with Gasteiger partial charge in [0.15, 0.2) is 0 Å². The van der Waals surface area contributed by atoms with Crippen molar-refractivity contribution in [3.05, 3.63) is 12.2 Å². The molecule has 0 aliphatic heterocycles. The third kappa shape index (κ3) is 0.829. The van der Waals surface area contributed by atoms with E-state index < -0.39 is 0 Å². The first-order valence-electron chi connectivity index (χ1n) is 2.65. The van der Waals surface area contributed by atoms with Gasteiger partial charge in [0, 0.05) is 0 Å². The zero-order chi connectivity index (χ0) is 5.28. The Bertz CT molecular complexity index is 86.2. The maximum atomic E-state index is 8.91. The topological polar surface area (TPSA) is 20.2 Å². The van der Waals surface area contributed by atoms with Gasteiger partial charge in [-0.05, 0) is 12.3 Å². The zero-order valence-corrected chi connectivity index (χ0v) is 4.46. The summed E-state index contributed by atoms with van der Waals surface area (Å²) in [6.07, 6.45) is 4.75. The highest BCUT2D eigenvalue weighted by Gasteiger charge is 2.13. The van der Waals surface area contributed by atoms with Crippen LogP contribution in [0.15, 0.2) is 12.2 Å². The summed E-state index contributed by atoms with van der Waals surface area (Å²) in [6.45, 7) is 2.05. The fourth-order valence-electron chi connectivity index (χ4n) is 0.762. The first kappa shape index (κ1) is 4.85. The predicted molar refractivity (Wildman–Crippen MR) is 28.9 cm³/mol. The Labute approximate surface area is 43.7 Å². The van der Waals surface area contributed by atoms with Gasteiger partial charge in [-0.1, -0.05) is 19.1 Å². The maximum Gasteiger partial charge on any atom is 0.0749 e. The van der Waals surface area contributed by atoms with Gasteiger partial charge in [0.05, 0.1) is 6.10 Å². The minimum atomic E-state index is -0.167. The maximum absolute atomic E-state index is 8.91. The molecule has 0 radical (unpaired) electrons. The number of allylic oxidation sites excluding steroid dienone is 1. The van der Waals surface area contributed by atoms with Gasteiger partial charge in [0.1, 0.15) is 0 Å². The monoisotopic (exact) mass is 98.1 g/mol. The Morgan fingerprint density at radius 3 is 2.57 bits per heavy atom. The first-order valence-corrected chi connectivity index (χ1v) is 2.65. The van der Waals surface area contributed by atoms with E-state index in [-0.39, 0.29) is 6.10 Å². The molecule has 0 aromatic rings. The van der Waals surface area contributed by atoms with E-state index in [1.165, 1.54) is 0 Å². The molecule has 0 saturated heterocycles. The van der Waals surface area contributed by atoms with Crippen molar-refractivity contribution >= 4 is 0 Å². The molecular formula is C6H10O. The molecule has 0 saturated carbocycles. The second kappa shape index (κ2) is 1.66. The lowest BCUT2D eigenvalue weighted by Crippen LogP contribution is -2.07. The van der Waals surface area contributed by atoms with Crippen molar-refractivity contribution in [3.63, 3.8) is 0 Å². The Morgan fingerprint density at radius 1 is 1.71 bits per heavy atom. The minimum absolute atomic E-state index is 0.167. The Hall–Kier alpha value is -0.300. The molecule has 0 aromatic carbocycles. The molecule has 1 rings (SSSR count). The Kier molecular flexibility index (Phi) is 1.15. The van der Waals surface area contributed by atoms with Crippen LogP contribution in [0.25, 0.3) is 0 Å². The molecule has 1 unspecified atom stereocenters. The molecule has 0 bridgehead atoms. The van der Waals surface area contributed by atoms with Crippen molar-refractivity contribution in [1.82, 2.24) is 0 Å². The highest BCUT2D eigenvalue weighted by Crippen LogP contribution is 2.16. The highest BCUT2D eigenvalue weighted by molar-refractivity contribution is 4.99. The largest absolute Gasteiger partial charge is 0.389 e. The van der Waals surface area contributed by atoms with Gasteiger partial charge < -0.3 is 5.11 Å². The van der Waals surface area contributed by atoms with Crippen LogP contribution >= 0.6 is 0 Å². The summed E-state index contributed by atoms with van der Waals surface area (Å²) in [5.74, 6) is 0.458. The van der Waals surface area contributed by atoms with E-state index >= 15 is 0 Å². The van der Waals surface area contributed by atoms with Gasteiger partial charge >= 0.3 is 0 Å². The van der Waals surface area contributed by atoms with Crippen LogP contribution in [0.4, 0.5) is 0 Å². The fourth-order valence-corrected chi connectivity index (χ4v) is 0.762. The Balaban J connectivity index is 2.45. The van der Waals surface area contributed by atoms with Gasteiger partial charge in [0.25, 0.3) is 0 Å². The van der Waals surface area contributed by atoms with E-state index in [0.717, 1.165) is 6.42 Å². The van der Waals surface area contributed by atoms with Crippen LogP contribution in [-0.4, -0.2) is 11.2 Å². The third-order valence-corrected chi connectivity index (χ3v) is 1.42. The van der Waals surface area contributed by atoms with Crippen LogP contribution < -0.4 is 0 Å². The van der Waals surface area contributed by atoms with Gasteiger partial charge in [0.2, 0.25) is 0 Å². The molecule has 7 heavy (non-hydrogen) atoms. The number of rotatable bonds is 0. The zero-order valence-electron chi connectivity index (χ0n) is 4.46. The lowest BCUT2D eigenvalue weighted by molar-refractivity contribution is 0.175. The SMILES string of the molecule is CC1CC=C[C@@H]1O. The summed E-state index contributed by atoms with van der Waals surface area (Å²) in [7, 11) is 0. The van der Waals surface area contributed by atoms with Crippen molar-refractivity contribution < 1.29 is 5.11 Å². The quantitative estimate of drug-likeness (QED) is 0.447. The van der Waals surface area contributed by atoms with E-state index in [1.54, 1.807) is 0 Å². The normalized spacial score (nSPS) is 39.7. The molecule has 1 N–H and O–H groups in total. The summed E-state index contributed by atoms with van der Waals surface area (Å²) in [6, 6.07) is 0. The second-order valence-corrected chi connectivity index (χ2v) is 2.13. The summed E-state index contributed by atoms with van der Waals surface area (Å²) in [5, 5.41) is 8.91. The molecule has 1 aliphatic carbocycles. The Morgan fingerprint density at radius 2 is 2.43 bits per heavy atom. The van der Waals surface area contributed by atoms with Crippen LogP contribution in [0, 0.1) is 5.92 Å². The minimum Gasteiger partial charge on any atom is -0.389 e. The van der Waals surface area contributed by atoms with Crippen molar-refractivity contribution in [2.45, 2.75) is 19.4 Å². The fraction of sp³-hybridized carbons (Fsp3) is 0.667. The lowest BCUT2D eigenvalue weighted by Gasteiger charge is -2.03. The first-order chi connectivity index (χ1) is 3.30. The summed E-state index contributed by atoms with van der Waals surface area (Å²) >= 11 is 0. The van der Waals surface area contributed by atoms with Crippen LogP contribution in [0.5, 0.6) is 0 Å². The summed E-state index contributed by atoms with van der Waals surface area (Å²) < 4.78 is 0. The van der Waals surface area contributed by atoms with Crippen LogP contribution in [0.2, 0.25) is 0 Å². The van der Waals surface area contributed by atoms with Crippen LogP contribution in [0.3, 0.4) is 0 Å². The number of aliphatic hydroxyl groups excluding tert-OH is 1. The third-order valence-electron chi connectivity index (χ3n) is 1.42. The number of hydrogen-bond donors (Lipinski definition) is 1. The van der Waals surface area contributed by atoms with E-state index in [0.29, 0.717) is 5.92 Å². The van der Waals surface area contributed by atoms with Crippen molar-refractivity contribution in [3.8, 4) is 0 Å². The van der Waals surface area contributed by atoms with Crippen LogP contribution in [0.1, 0.15) is 13.3 Å². The van der Waals surface area contributed by atoms with Crippen molar-refractivity contribution in [1.29, 1.82) is 0 Å². The number of hydrogen-bond acceptors (Lipinski definition) is 1. The van der Waals surface area contributed by atoms with Gasteiger partial charge in [-0.3, -0.25) is 0 Å². The van der Waals surface area contributed by atoms with Crippen molar-refractivity contribution in [2.75, 3.05) is 0 Å². The molecule has 0 heterocycles. The molecule has 0 aromatic heterocycles. The van der Waals surface area contributed by atoms with E-state index in [4.69, 9.17) is 5.11 Å². The summed E-state index contributed by atoms with van der Waals surface area (Å²) in [4.78, 5) is 0. The van der Waals surface area contributed by atoms with E-state index in [9.17, 15) is 0 Å². The molecular weight excluding hydrogens is 88.1 g/mol. The molecule has 2 atom stereocenters. The summed E-state index contributed by atoms with van der Waals surface area (Å²) in [5.41, 5.74) is 0. The molecule has 1 aliphatic rings. The molecule has 0 spiro atoms. The van der Waals surface area contributed by atoms with Gasteiger partial charge in [-0.15, -0.1) is 0 Å². The predicted octanol–water partition coefficient (Wildman–Crippen LogP) is 0.943. The molecule has 0 amide bonds. The van der Waals surface area contributed by atoms with E-state index in [2.05, 4.69) is 0 Å². The van der Waals surface area contributed by atoms with Crippen molar-refractivity contribution in [2.24, 2.45) is 5.92 Å². The number of aliphatic hydroxyl groups is 1. The average molecular weight is 98.1 g/mol. The molecule has 40 valence electrons. The molecule has 0 fully saturated rings. The standard InChI is InChI=1S/C6H10O/c1-5-3-2-4-6(5)7/h2,4-7H,3H2,1H3/t5?,6-/m0/s1. The van der Waals surface area contributed by atoms with Gasteiger partial charge in [-0.2, -0.15) is 0 Å². The smallest absolute Gasteiger partial charge is 0.0749 e. The van der Waals surface area contributed by atoms with Crippen LogP contribution in [-0.2, 0) is 0 Å². The van der Waals surface area contributed by atoms with E-state index in [1.807, 2.05) is 19.1 Å². The lowest BCUT2D eigenvalue weighted by atomic mass is 10.1. The molecule has 1 heteroatoms. The van der Waals surface area contributed by atoms with Gasteiger partial charge in [-0.25, -0.2) is 0 Å². The average Bonchev–Trinajstić information content (AvgIpc) is 1.91. The highest BCUT2D eigenvalue weighted by atomic mass is 16.3. The second-order valence-electron chi connectivity index (χ2n) is 2.13. The molecule has 1 nitrogen and oxygen atoms in total.